The summed E-state index contributed by atoms with van der Waals surface area (Å²) in [5.74, 6) is 0.0753. The first-order valence-electron chi connectivity index (χ1n) is 7.51. The molecule has 5 nitrogen and oxygen atoms in total. The molecule has 2 amide bonds. The van der Waals surface area contributed by atoms with Gasteiger partial charge in [-0.05, 0) is 30.2 Å². The number of carbonyl (C=O) groups excluding carboxylic acids is 2. The van der Waals surface area contributed by atoms with E-state index >= 15 is 0 Å². The molecule has 1 aliphatic heterocycles. The van der Waals surface area contributed by atoms with Crippen molar-refractivity contribution in [1.29, 1.82) is 0 Å². The molecule has 23 heavy (non-hydrogen) atoms. The third kappa shape index (κ3) is 3.51. The molecular formula is C18H18N2O3. The van der Waals surface area contributed by atoms with Crippen molar-refractivity contribution in [3.8, 4) is 5.75 Å². The third-order valence-corrected chi connectivity index (χ3v) is 3.81. The summed E-state index contributed by atoms with van der Waals surface area (Å²) in [5.41, 5.74) is 2.81. The summed E-state index contributed by atoms with van der Waals surface area (Å²) < 4.78 is 5.62. The first-order valence-corrected chi connectivity index (χ1v) is 7.51. The van der Waals surface area contributed by atoms with Crippen molar-refractivity contribution in [3.05, 3.63) is 59.7 Å². The van der Waals surface area contributed by atoms with Crippen LogP contribution in [0, 0.1) is 6.92 Å². The maximum Gasteiger partial charge on any atom is 0.266 e. The van der Waals surface area contributed by atoms with Gasteiger partial charge in [-0.15, -0.1) is 0 Å². The normalized spacial score (nSPS) is 16.0. The molecule has 0 aliphatic carbocycles. The number of benzene rings is 2. The Morgan fingerprint density at radius 1 is 1.17 bits per heavy atom. The lowest BCUT2D eigenvalue weighted by Gasteiger charge is -2.25. The summed E-state index contributed by atoms with van der Waals surface area (Å²) in [4.78, 5) is 24.1. The fourth-order valence-corrected chi connectivity index (χ4v) is 2.47. The number of amides is 2. The summed E-state index contributed by atoms with van der Waals surface area (Å²) >= 11 is 0. The molecule has 0 spiro atoms. The topological polar surface area (TPSA) is 67.4 Å². The highest BCUT2D eigenvalue weighted by Gasteiger charge is 2.29. The molecule has 2 aromatic carbocycles. The van der Waals surface area contributed by atoms with Crippen molar-refractivity contribution in [1.82, 2.24) is 5.32 Å². The number of rotatable bonds is 4. The summed E-state index contributed by atoms with van der Waals surface area (Å²) in [7, 11) is 0. The van der Waals surface area contributed by atoms with E-state index < -0.39 is 6.10 Å². The first kappa shape index (κ1) is 15.1. The van der Waals surface area contributed by atoms with Crippen LogP contribution in [0.25, 0.3) is 0 Å². The van der Waals surface area contributed by atoms with Crippen LogP contribution in [0.1, 0.15) is 17.5 Å². The third-order valence-electron chi connectivity index (χ3n) is 3.81. The maximum absolute atomic E-state index is 12.1. The first-order chi connectivity index (χ1) is 11.1. The Morgan fingerprint density at radius 2 is 1.91 bits per heavy atom. The van der Waals surface area contributed by atoms with Crippen LogP contribution in [0.2, 0.25) is 0 Å². The molecule has 0 radical (unpaired) electrons. The van der Waals surface area contributed by atoms with E-state index in [4.69, 9.17) is 4.74 Å². The number of hydrogen-bond donors (Lipinski definition) is 2. The Kier molecular flexibility index (Phi) is 4.28. The summed E-state index contributed by atoms with van der Waals surface area (Å²) in [6, 6.07) is 15.0. The number of hydrogen-bond acceptors (Lipinski definition) is 3. The van der Waals surface area contributed by atoms with Gasteiger partial charge in [0.2, 0.25) is 5.91 Å². The molecule has 1 heterocycles. The van der Waals surface area contributed by atoms with Gasteiger partial charge in [-0.1, -0.05) is 36.4 Å². The van der Waals surface area contributed by atoms with Crippen molar-refractivity contribution in [2.45, 2.75) is 26.0 Å². The number of nitrogens with one attached hydrogen (secondary N) is 2. The molecule has 0 unspecified atom stereocenters. The standard InChI is InChI=1S/C18H18N2O3/c1-12-6-2-3-7-13(12)11-19-17(21)10-16-18(22)20-14-8-4-5-9-15(14)23-16/h2-9,16H,10-11H2,1H3,(H,19,21)(H,20,22)/t16-/m0/s1. The Morgan fingerprint density at radius 3 is 2.74 bits per heavy atom. The Bertz CT molecular complexity index is 743. The number of anilines is 1. The number of ether oxygens (including phenoxy) is 1. The lowest BCUT2D eigenvalue weighted by Crippen LogP contribution is -2.40. The van der Waals surface area contributed by atoms with Crippen LogP contribution in [0.4, 0.5) is 5.69 Å². The van der Waals surface area contributed by atoms with Crippen LogP contribution < -0.4 is 15.4 Å². The van der Waals surface area contributed by atoms with E-state index in [9.17, 15) is 9.59 Å². The number of fused-ring (bicyclic) bond motifs is 1. The summed E-state index contributed by atoms with van der Waals surface area (Å²) in [5, 5.41) is 5.59. The smallest absolute Gasteiger partial charge is 0.266 e. The molecule has 0 saturated carbocycles. The van der Waals surface area contributed by atoms with Crippen LogP contribution in [-0.4, -0.2) is 17.9 Å². The highest BCUT2D eigenvalue weighted by molar-refractivity contribution is 5.99. The maximum atomic E-state index is 12.1. The molecule has 3 rings (SSSR count). The van der Waals surface area contributed by atoms with Crippen molar-refractivity contribution in [2.24, 2.45) is 0 Å². The minimum Gasteiger partial charge on any atom is -0.478 e. The van der Waals surface area contributed by atoms with E-state index in [-0.39, 0.29) is 18.2 Å². The van der Waals surface area contributed by atoms with Crippen molar-refractivity contribution < 1.29 is 14.3 Å². The Hall–Kier alpha value is -2.82. The molecule has 2 N–H and O–H groups in total. The molecule has 0 bridgehead atoms. The summed E-state index contributed by atoms with van der Waals surface area (Å²) in [6.45, 7) is 2.44. The molecule has 1 aliphatic rings. The Balaban J connectivity index is 1.58. The minimum absolute atomic E-state index is 0.00789. The zero-order valence-corrected chi connectivity index (χ0v) is 12.8. The van der Waals surface area contributed by atoms with Gasteiger partial charge in [0.05, 0.1) is 12.1 Å². The van der Waals surface area contributed by atoms with Gasteiger partial charge >= 0.3 is 0 Å². The monoisotopic (exact) mass is 310 g/mol. The fraction of sp³-hybridized carbons (Fsp3) is 0.222. The van der Waals surface area contributed by atoms with Crippen LogP contribution >= 0.6 is 0 Å². The van der Waals surface area contributed by atoms with Crippen LogP contribution in [0.5, 0.6) is 5.75 Å². The lowest BCUT2D eigenvalue weighted by atomic mass is 10.1. The second kappa shape index (κ2) is 6.52. The van der Waals surface area contributed by atoms with Gasteiger partial charge in [-0.3, -0.25) is 9.59 Å². The lowest BCUT2D eigenvalue weighted by molar-refractivity contribution is -0.130. The van der Waals surface area contributed by atoms with Gasteiger partial charge in [0.1, 0.15) is 5.75 Å². The van der Waals surface area contributed by atoms with Gasteiger partial charge in [0, 0.05) is 6.54 Å². The van der Waals surface area contributed by atoms with E-state index in [0.29, 0.717) is 18.0 Å². The van der Waals surface area contributed by atoms with Gasteiger partial charge < -0.3 is 15.4 Å². The Labute approximate surface area is 134 Å². The molecule has 1 atom stereocenters. The summed E-state index contributed by atoms with van der Waals surface area (Å²) in [6.07, 6.45) is -0.812. The second-order valence-electron chi connectivity index (χ2n) is 5.50. The average Bonchev–Trinajstić information content (AvgIpc) is 2.55. The molecule has 0 saturated heterocycles. The number of carbonyl (C=O) groups is 2. The van der Waals surface area contributed by atoms with Gasteiger partial charge in [-0.25, -0.2) is 0 Å². The zero-order valence-electron chi connectivity index (χ0n) is 12.8. The average molecular weight is 310 g/mol. The molecular weight excluding hydrogens is 292 g/mol. The SMILES string of the molecule is Cc1ccccc1CNC(=O)C[C@@H]1Oc2ccccc2NC1=O. The zero-order chi connectivity index (χ0) is 16.2. The van der Waals surface area contributed by atoms with E-state index in [0.717, 1.165) is 11.1 Å². The molecule has 0 aromatic heterocycles. The highest BCUT2D eigenvalue weighted by Crippen LogP contribution is 2.29. The van der Waals surface area contributed by atoms with Crippen LogP contribution in [0.3, 0.4) is 0 Å². The van der Waals surface area contributed by atoms with Gasteiger partial charge in [0.15, 0.2) is 6.10 Å². The predicted molar refractivity (Wildman–Crippen MR) is 87.1 cm³/mol. The number of aryl methyl sites for hydroxylation is 1. The van der Waals surface area contributed by atoms with Crippen LogP contribution in [-0.2, 0) is 16.1 Å². The highest BCUT2D eigenvalue weighted by atomic mass is 16.5. The second-order valence-corrected chi connectivity index (χ2v) is 5.50. The van der Waals surface area contributed by atoms with E-state index in [2.05, 4.69) is 10.6 Å². The molecule has 2 aromatic rings. The van der Waals surface area contributed by atoms with E-state index in [1.807, 2.05) is 43.3 Å². The van der Waals surface area contributed by atoms with Crippen molar-refractivity contribution in [3.63, 3.8) is 0 Å². The van der Waals surface area contributed by atoms with Crippen molar-refractivity contribution >= 4 is 17.5 Å². The van der Waals surface area contributed by atoms with Crippen LogP contribution in [0.15, 0.2) is 48.5 Å². The molecule has 0 fully saturated rings. The molecule has 5 heteroatoms. The molecule has 118 valence electrons. The van der Waals surface area contributed by atoms with Gasteiger partial charge in [0.25, 0.3) is 5.91 Å². The number of para-hydroxylation sites is 2. The largest absolute Gasteiger partial charge is 0.478 e. The quantitative estimate of drug-likeness (QED) is 0.911. The fourth-order valence-electron chi connectivity index (χ4n) is 2.47. The predicted octanol–water partition coefficient (Wildman–Crippen LogP) is 2.40. The van der Waals surface area contributed by atoms with E-state index in [1.165, 1.54) is 0 Å². The van der Waals surface area contributed by atoms with Gasteiger partial charge in [-0.2, -0.15) is 0 Å². The van der Waals surface area contributed by atoms with E-state index in [1.54, 1.807) is 12.1 Å². The minimum atomic E-state index is -0.804. The van der Waals surface area contributed by atoms with Crippen molar-refractivity contribution in [2.75, 3.05) is 5.32 Å².